The molecule has 1 unspecified atom stereocenters. The summed E-state index contributed by atoms with van der Waals surface area (Å²) in [7, 11) is 0. The molecular weight excluding hydrogens is 422 g/mol. The van der Waals surface area contributed by atoms with E-state index < -0.39 is 5.54 Å². The Kier molecular flexibility index (Phi) is 5.78. The molecule has 2 saturated heterocycles. The van der Waals surface area contributed by atoms with Crippen LogP contribution in [0.1, 0.15) is 50.2 Å². The maximum atomic E-state index is 13.6. The molecule has 33 heavy (non-hydrogen) atoms. The zero-order valence-corrected chi connectivity index (χ0v) is 19.3. The molecule has 8 heteroatoms. The third-order valence-electron chi connectivity index (χ3n) is 7.27. The van der Waals surface area contributed by atoms with Crippen molar-refractivity contribution in [1.82, 2.24) is 15.1 Å². The molecule has 0 saturated carbocycles. The van der Waals surface area contributed by atoms with Gasteiger partial charge in [0.25, 0.3) is 5.91 Å². The third-order valence-corrected chi connectivity index (χ3v) is 7.27. The van der Waals surface area contributed by atoms with Gasteiger partial charge in [0.1, 0.15) is 17.1 Å². The summed E-state index contributed by atoms with van der Waals surface area (Å²) in [4.78, 5) is 30.2. The Balaban J connectivity index is 1.24. The number of ether oxygens (including phenoxy) is 2. The molecule has 3 aliphatic heterocycles. The molecule has 2 fully saturated rings. The van der Waals surface area contributed by atoms with Crippen molar-refractivity contribution in [3.8, 4) is 11.5 Å². The van der Waals surface area contributed by atoms with Crippen LogP contribution >= 0.6 is 0 Å². The van der Waals surface area contributed by atoms with Crippen molar-refractivity contribution < 1.29 is 23.5 Å². The molecule has 4 heterocycles. The monoisotopic (exact) mass is 453 g/mol. The van der Waals surface area contributed by atoms with Crippen molar-refractivity contribution in [1.29, 1.82) is 0 Å². The van der Waals surface area contributed by atoms with E-state index in [0.717, 1.165) is 56.0 Å². The van der Waals surface area contributed by atoms with Gasteiger partial charge < -0.3 is 19.2 Å². The quantitative estimate of drug-likeness (QED) is 0.644. The highest BCUT2D eigenvalue weighted by atomic mass is 16.7. The summed E-state index contributed by atoms with van der Waals surface area (Å²) >= 11 is 0. The largest absolute Gasteiger partial charge is 0.465 e. The molecule has 0 spiro atoms. The molecule has 5 rings (SSSR count). The molecule has 1 N–H and O–H groups in total. The van der Waals surface area contributed by atoms with Gasteiger partial charge in [0.05, 0.1) is 13.1 Å². The highest BCUT2D eigenvalue weighted by Gasteiger charge is 2.54. The molecule has 0 bridgehead atoms. The lowest BCUT2D eigenvalue weighted by atomic mass is 9.75. The first kappa shape index (κ1) is 21.8. The number of imide groups is 1. The molecule has 8 nitrogen and oxygen atoms in total. The first-order chi connectivity index (χ1) is 16.0. The van der Waals surface area contributed by atoms with Crippen molar-refractivity contribution in [3.63, 3.8) is 0 Å². The molecular formula is C25H31N3O5. The second kappa shape index (κ2) is 8.74. The summed E-state index contributed by atoms with van der Waals surface area (Å²) in [5.41, 5.74) is 0.00825. The zero-order valence-electron chi connectivity index (χ0n) is 19.3. The minimum absolute atomic E-state index is 0.111. The minimum atomic E-state index is -0.834. The van der Waals surface area contributed by atoms with E-state index in [2.05, 4.69) is 17.1 Å². The fourth-order valence-corrected chi connectivity index (χ4v) is 5.32. The van der Waals surface area contributed by atoms with Gasteiger partial charge in [-0.05, 0) is 68.1 Å². The number of carbonyl (C=O) groups excluding carboxylic acids is 2. The van der Waals surface area contributed by atoms with Crippen LogP contribution in [-0.2, 0) is 24.3 Å². The van der Waals surface area contributed by atoms with Gasteiger partial charge in [-0.15, -0.1) is 0 Å². The molecule has 3 amide bonds. The lowest BCUT2D eigenvalue weighted by Gasteiger charge is -2.40. The van der Waals surface area contributed by atoms with Crippen LogP contribution in [0.15, 0.2) is 34.7 Å². The lowest BCUT2D eigenvalue weighted by molar-refractivity contribution is -0.134. The number of rotatable bonds is 7. The van der Waals surface area contributed by atoms with Gasteiger partial charge in [0, 0.05) is 6.42 Å². The van der Waals surface area contributed by atoms with E-state index in [1.165, 1.54) is 4.90 Å². The smallest absolute Gasteiger partial charge is 0.325 e. The number of urea groups is 1. The van der Waals surface area contributed by atoms with Gasteiger partial charge in [-0.25, -0.2) is 4.79 Å². The zero-order chi connectivity index (χ0) is 23.0. The summed E-state index contributed by atoms with van der Waals surface area (Å²) in [6.45, 7) is 7.02. The number of carbonyl (C=O) groups is 2. The predicted molar refractivity (Wildman–Crippen MR) is 121 cm³/mol. The molecule has 2 aromatic rings. The van der Waals surface area contributed by atoms with Crippen LogP contribution in [0, 0.1) is 5.92 Å². The Hall–Kier alpha value is -3.00. The Morgan fingerprint density at radius 3 is 2.48 bits per heavy atom. The molecule has 1 aromatic carbocycles. The van der Waals surface area contributed by atoms with Gasteiger partial charge in [0.15, 0.2) is 11.5 Å². The summed E-state index contributed by atoms with van der Waals surface area (Å²) in [6.07, 6.45) is 3.20. The number of hydrogen-bond donors (Lipinski definition) is 1. The number of furan rings is 1. The number of aryl methyl sites for hydroxylation is 1. The number of amides is 3. The second-order valence-corrected chi connectivity index (χ2v) is 9.11. The van der Waals surface area contributed by atoms with E-state index in [4.69, 9.17) is 13.9 Å². The van der Waals surface area contributed by atoms with Crippen LogP contribution in [0.5, 0.6) is 11.5 Å². The van der Waals surface area contributed by atoms with Crippen LogP contribution in [-0.4, -0.2) is 47.2 Å². The first-order valence-electron chi connectivity index (χ1n) is 11.8. The molecule has 1 atom stereocenters. The maximum Gasteiger partial charge on any atom is 0.325 e. The van der Waals surface area contributed by atoms with Crippen LogP contribution in [0.4, 0.5) is 4.79 Å². The highest BCUT2D eigenvalue weighted by molar-refractivity contribution is 6.07. The average Bonchev–Trinajstić information content (AvgIpc) is 3.54. The summed E-state index contributed by atoms with van der Waals surface area (Å²) < 4.78 is 16.7. The van der Waals surface area contributed by atoms with Gasteiger partial charge in [-0.3, -0.25) is 14.6 Å². The summed E-state index contributed by atoms with van der Waals surface area (Å²) in [5, 5.41) is 3.08. The number of piperidine rings is 1. The SMILES string of the molecule is CCc1ccc(CN2CCC(C3(CC)NC(=O)N(Cc4ccc5c(c4)OCO5)C3=O)CC2)o1. The third kappa shape index (κ3) is 3.97. The Morgan fingerprint density at radius 1 is 1.00 bits per heavy atom. The Morgan fingerprint density at radius 2 is 1.76 bits per heavy atom. The van der Waals surface area contributed by atoms with Gasteiger partial charge in [-0.1, -0.05) is 19.9 Å². The van der Waals surface area contributed by atoms with Crippen molar-refractivity contribution in [2.45, 2.75) is 58.2 Å². The first-order valence-corrected chi connectivity index (χ1v) is 11.8. The van der Waals surface area contributed by atoms with Crippen molar-refractivity contribution in [3.05, 3.63) is 47.4 Å². The fraction of sp³-hybridized carbons (Fsp3) is 0.520. The van der Waals surface area contributed by atoms with Crippen molar-refractivity contribution in [2.75, 3.05) is 19.9 Å². The van der Waals surface area contributed by atoms with Crippen LogP contribution < -0.4 is 14.8 Å². The minimum Gasteiger partial charge on any atom is -0.465 e. The number of likely N-dealkylation sites (tertiary alicyclic amines) is 1. The Bertz CT molecular complexity index is 1040. The topological polar surface area (TPSA) is 84.3 Å². The van der Waals surface area contributed by atoms with E-state index >= 15 is 0 Å². The standard InChI is InChI=1S/C25H31N3O5/c1-3-19-6-7-20(33-19)15-27-11-9-18(10-12-27)25(4-2)23(29)28(24(30)26-25)14-17-5-8-21-22(13-17)32-16-31-21/h5-8,13,18H,3-4,9-12,14-16H2,1-2H3,(H,26,30). The van der Waals surface area contributed by atoms with E-state index in [1.54, 1.807) is 0 Å². The van der Waals surface area contributed by atoms with Gasteiger partial charge in [0.2, 0.25) is 6.79 Å². The maximum absolute atomic E-state index is 13.6. The number of nitrogens with zero attached hydrogens (tertiary/aromatic N) is 2. The molecule has 1 aromatic heterocycles. The molecule has 176 valence electrons. The second-order valence-electron chi connectivity index (χ2n) is 9.11. The van der Waals surface area contributed by atoms with Crippen LogP contribution in [0.2, 0.25) is 0 Å². The number of fused-ring (bicyclic) bond motifs is 1. The van der Waals surface area contributed by atoms with Crippen LogP contribution in [0.25, 0.3) is 0 Å². The van der Waals surface area contributed by atoms with Gasteiger partial charge >= 0.3 is 6.03 Å². The fourth-order valence-electron chi connectivity index (χ4n) is 5.32. The summed E-state index contributed by atoms with van der Waals surface area (Å²) in [6, 6.07) is 9.30. The lowest BCUT2D eigenvalue weighted by Crippen LogP contribution is -2.55. The van der Waals surface area contributed by atoms with E-state index in [1.807, 2.05) is 37.3 Å². The van der Waals surface area contributed by atoms with Crippen LogP contribution in [0.3, 0.4) is 0 Å². The van der Waals surface area contributed by atoms with Crippen molar-refractivity contribution >= 4 is 11.9 Å². The predicted octanol–water partition coefficient (Wildman–Crippen LogP) is 3.68. The molecule has 0 aliphatic carbocycles. The van der Waals surface area contributed by atoms with E-state index in [-0.39, 0.29) is 31.2 Å². The highest BCUT2D eigenvalue weighted by Crippen LogP contribution is 2.38. The summed E-state index contributed by atoms with van der Waals surface area (Å²) in [5.74, 6) is 3.31. The Labute approximate surface area is 193 Å². The normalized spacial score (nSPS) is 23.4. The number of hydrogen-bond acceptors (Lipinski definition) is 6. The number of nitrogens with one attached hydrogen (secondary N) is 1. The van der Waals surface area contributed by atoms with Gasteiger partial charge in [-0.2, -0.15) is 0 Å². The van der Waals surface area contributed by atoms with E-state index in [0.29, 0.717) is 17.9 Å². The average molecular weight is 454 g/mol. The van der Waals surface area contributed by atoms with E-state index in [9.17, 15) is 9.59 Å². The van der Waals surface area contributed by atoms with Crippen molar-refractivity contribution in [2.24, 2.45) is 5.92 Å². The molecule has 0 radical (unpaired) electrons. The molecule has 3 aliphatic rings. The number of benzene rings is 1.